The highest BCUT2D eigenvalue weighted by molar-refractivity contribution is 7.11. The second-order valence-electron chi connectivity index (χ2n) is 5.64. The number of nitrogens with zero attached hydrogens (tertiary/aromatic N) is 2. The first kappa shape index (κ1) is 19.7. The first-order chi connectivity index (χ1) is 11.8. The van der Waals surface area contributed by atoms with Gasteiger partial charge in [0.25, 0.3) is 0 Å². The maximum absolute atomic E-state index is 12.5. The summed E-state index contributed by atoms with van der Waals surface area (Å²) in [6.45, 7) is 4.61. The molecule has 0 aliphatic carbocycles. The molecule has 2 aromatic rings. The third-order valence-electron chi connectivity index (χ3n) is 3.38. The number of hydrogen-bond acceptors (Lipinski definition) is 4. The molecular weight excluding hydrogens is 369 g/mol. The Labute approximate surface area is 153 Å². The lowest BCUT2D eigenvalue weighted by molar-refractivity contribution is -0.140. The smallest absolute Gasteiger partial charge is 0.356 e. The van der Waals surface area contributed by atoms with Gasteiger partial charge in [-0.05, 0) is 26.0 Å². The first-order valence-corrected chi connectivity index (χ1v) is 9.51. The zero-order valence-electron chi connectivity index (χ0n) is 14.3. The maximum Gasteiger partial charge on any atom is 0.434 e. The molecule has 0 bridgehead atoms. The fourth-order valence-electron chi connectivity index (χ4n) is 2.22. The van der Waals surface area contributed by atoms with Crippen LogP contribution in [0.15, 0.2) is 22.5 Å². The highest BCUT2D eigenvalue weighted by atomic mass is 32.1. The molecule has 2 heterocycles. The molecule has 0 amide bonds. The Morgan fingerprint density at radius 2 is 2.12 bits per heavy atom. The van der Waals surface area contributed by atoms with Crippen molar-refractivity contribution < 1.29 is 13.2 Å². The van der Waals surface area contributed by atoms with Gasteiger partial charge in [0.05, 0.1) is 5.01 Å². The van der Waals surface area contributed by atoms with Crippen LogP contribution in [-0.2, 0) is 19.0 Å². The van der Waals surface area contributed by atoms with Crippen LogP contribution in [0.2, 0.25) is 0 Å². The molecule has 0 spiro atoms. The Balaban J connectivity index is 1.77. The fraction of sp³-hybridized carbons (Fsp3) is 0.500. The van der Waals surface area contributed by atoms with Gasteiger partial charge in [-0.1, -0.05) is 0 Å². The standard InChI is InChI=1S/C16H21F3N4S2/c1-10(8-12-5-4-11(2)25-12)22-15(20-3)21-7-6-14-23-13(9-24-14)16(17,18)19/h4-5,9-10H,6-8H2,1-3H3,(H2,20,21,22). The van der Waals surface area contributed by atoms with Gasteiger partial charge in [-0.25, -0.2) is 4.98 Å². The largest absolute Gasteiger partial charge is 0.434 e. The summed E-state index contributed by atoms with van der Waals surface area (Å²) in [6.07, 6.45) is -3.07. The van der Waals surface area contributed by atoms with Crippen LogP contribution in [0.4, 0.5) is 13.2 Å². The van der Waals surface area contributed by atoms with Crippen molar-refractivity contribution in [3.8, 4) is 0 Å². The second-order valence-corrected chi connectivity index (χ2v) is 7.95. The molecule has 2 aromatic heterocycles. The summed E-state index contributed by atoms with van der Waals surface area (Å²) in [5.41, 5.74) is -0.824. The van der Waals surface area contributed by atoms with Crippen molar-refractivity contribution in [2.75, 3.05) is 13.6 Å². The van der Waals surface area contributed by atoms with Crippen molar-refractivity contribution in [3.63, 3.8) is 0 Å². The van der Waals surface area contributed by atoms with E-state index in [1.54, 1.807) is 18.4 Å². The van der Waals surface area contributed by atoms with E-state index in [1.165, 1.54) is 9.75 Å². The lowest BCUT2D eigenvalue weighted by Gasteiger charge is -2.17. The average molecular weight is 391 g/mol. The second kappa shape index (κ2) is 8.66. The summed E-state index contributed by atoms with van der Waals surface area (Å²) < 4.78 is 37.6. The fourth-order valence-corrected chi connectivity index (χ4v) is 4.04. The van der Waals surface area contributed by atoms with E-state index in [-0.39, 0.29) is 6.04 Å². The van der Waals surface area contributed by atoms with Gasteiger partial charge < -0.3 is 10.6 Å². The lowest BCUT2D eigenvalue weighted by atomic mass is 10.2. The zero-order valence-corrected chi connectivity index (χ0v) is 15.9. The normalized spacial score (nSPS) is 13.8. The van der Waals surface area contributed by atoms with E-state index >= 15 is 0 Å². The molecule has 4 nitrogen and oxygen atoms in total. The number of aryl methyl sites for hydroxylation is 1. The lowest BCUT2D eigenvalue weighted by Crippen LogP contribution is -2.43. The van der Waals surface area contributed by atoms with Gasteiger partial charge in [-0.3, -0.25) is 4.99 Å². The average Bonchev–Trinajstić information content (AvgIpc) is 3.15. The molecule has 0 aliphatic heterocycles. The maximum atomic E-state index is 12.5. The van der Waals surface area contributed by atoms with Crippen molar-refractivity contribution in [2.45, 2.75) is 38.9 Å². The van der Waals surface area contributed by atoms with Crippen molar-refractivity contribution >= 4 is 28.6 Å². The minimum Gasteiger partial charge on any atom is -0.356 e. The van der Waals surface area contributed by atoms with E-state index in [4.69, 9.17) is 0 Å². The summed E-state index contributed by atoms with van der Waals surface area (Å²) in [5.74, 6) is 0.633. The van der Waals surface area contributed by atoms with Crippen molar-refractivity contribution in [3.05, 3.63) is 38.0 Å². The highest BCUT2D eigenvalue weighted by Crippen LogP contribution is 2.30. The molecule has 2 N–H and O–H groups in total. The molecular formula is C16H21F3N4S2. The van der Waals surface area contributed by atoms with Crippen molar-refractivity contribution in [1.82, 2.24) is 15.6 Å². The van der Waals surface area contributed by atoms with Crippen LogP contribution in [0.25, 0.3) is 0 Å². The SMILES string of the molecule is CN=C(NCCc1nc(C(F)(F)F)cs1)NC(C)Cc1ccc(C)s1. The number of thiazole rings is 1. The number of hydrogen-bond donors (Lipinski definition) is 2. The van der Waals surface area contributed by atoms with Crippen LogP contribution in [-0.4, -0.2) is 30.6 Å². The number of halogens is 3. The quantitative estimate of drug-likeness (QED) is 0.582. The van der Waals surface area contributed by atoms with Crippen molar-refractivity contribution in [1.29, 1.82) is 0 Å². The molecule has 9 heteroatoms. The minimum absolute atomic E-state index is 0.195. The van der Waals surface area contributed by atoms with Crippen LogP contribution in [0.5, 0.6) is 0 Å². The van der Waals surface area contributed by atoms with E-state index in [1.807, 2.05) is 0 Å². The van der Waals surface area contributed by atoms with Gasteiger partial charge in [-0.15, -0.1) is 22.7 Å². The van der Waals surface area contributed by atoms with Gasteiger partial charge >= 0.3 is 6.18 Å². The molecule has 2 rings (SSSR count). The molecule has 0 radical (unpaired) electrons. The monoisotopic (exact) mass is 390 g/mol. The molecule has 0 saturated carbocycles. The third-order valence-corrected chi connectivity index (χ3v) is 5.32. The number of guanidine groups is 1. The van der Waals surface area contributed by atoms with E-state index in [0.29, 0.717) is 23.9 Å². The molecule has 0 aliphatic rings. The number of nitrogens with one attached hydrogen (secondary N) is 2. The van der Waals surface area contributed by atoms with E-state index in [9.17, 15) is 13.2 Å². The number of rotatable bonds is 6. The van der Waals surface area contributed by atoms with Crippen molar-refractivity contribution in [2.24, 2.45) is 4.99 Å². The topological polar surface area (TPSA) is 49.3 Å². The van der Waals surface area contributed by atoms with E-state index in [0.717, 1.165) is 23.1 Å². The molecule has 1 atom stereocenters. The number of aliphatic imine (C=N–C) groups is 1. The Morgan fingerprint density at radius 3 is 2.68 bits per heavy atom. The van der Waals surface area contributed by atoms with Gasteiger partial charge in [-0.2, -0.15) is 13.2 Å². The van der Waals surface area contributed by atoms with E-state index < -0.39 is 11.9 Å². The molecule has 25 heavy (non-hydrogen) atoms. The van der Waals surface area contributed by atoms with Crippen LogP contribution < -0.4 is 10.6 Å². The Kier molecular flexibility index (Phi) is 6.83. The first-order valence-electron chi connectivity index (χ1n) is 7.82. The summed E-state index contributed by atoms with van der Waals surface area (Å²) in [4.78, 5) is 10.4. The van der Waals surface area contributed by atoms with Crippen LogP contribution in [0, 0.1) is 6.92 Å². The van der Waals surface area contributed by atoms with Gasteiger partial charge in [0, 0.05) is 47.6 Å². The Morgan fingerprint density at radius 1 is 1.36 bits per heavy atom. The third kappa shape index (κ3) is 6.32. The number of alkyl halides is 3. The van der Waals surface area contributed by atoms with Gasteiger partial charge in [0.2, 0.25) is 0 Å². The van der Waals surface area contributed by atoms with Gasteiger partial charge in [0.15, 0.2) is 11.7 Å². The molecule has 0 saturated heterocycles. The Hall–Kier alpha value is -1.61. The van der Waals surface area contributed by atoms with E-state index in [2.05, 4.69) is 46.6 Å². The minimum atomic E-state index is -4.38. The summed E-state index contributed by atoms with van der Waals surface area (Å²) in [7, 11) is 1.67. The van der Waals surface area contributed by atoms with Crippen LogP contribution in [0.1, 0.15) is 27.4 Å². The molecule has 1 unspecified atom stereocenters. The molecule has 0 aromatic carbocycles. The predicted octanol–water partition coefficient (Wildman–Crippen LogP) is 3.87. The highest BCUT2D eigenvalue weighted by Gasteiger charge is 2.33. The molecule has 138 valence electrons. The summed E-state index contributed by atoms with van der Waals surface area (Å²) in [6, 6.07) is 4.42. The molecule has 0 fully saturated rings. The van der Waals surface area contributed by atoms with Crippen LogP contribution >= 0.6 is 22.7 Å². The van der Waals surface area contributed by atoms with Gasteiger partial charge in [0.1, 0.15) is 0 Å². The van der Waals surface area contributed by atoms with Crippen LogP contribution in [0.3, 0.4) is 0 Å². The number of aromatic nitrogens is 1. The summed E-state index contributed by atoms with van der Waals surface area (Å²) >= 11 is 2.79. The Bertz CT molecular complexity index is 706. The summed E-state index contributed by atoms with van der Waals surface area (Å²) in [5, 5.41) is 7.91. The predicted molar refractivity (Wildman–Crippen MR) is 97.5 cm³/mol. The zero-order chi connectivity index (χ0) is 18.4. The number of thiophene rings is 1.